The second kappa shape index (κ2) is 8.73. The molecule has 3 aromatic carbocycles. The average molecular weight is 378 g/mol. The van der Waals surface area contributed by atoms with Crippen LogP contribution in [0.25, 0.3) is 0 Å². The molecule has 3 aromatic rings. The molecule has 0 fully saturated rings. The maximum absolute atomic E-state index is 12.2. The van der Waals surface area contributed by atoms with Gasteiger partial charge in [0.1, 0.15) is 23.0 Å². The zero-order chi connectivity index (χ0) is 19.9. The van der Waals surface area contributed by atoms with Crippen molar-refractivity contribution < 1.29 is 28.5 Å². The van der Waals surface area contributed by atoms with E-state index in [1.807, 2.05) is 0 Å². The van der Waals surface area contributed by atoms with E-state index in [-0.39, 0.29) is 0 Å². The van der Waals surface area contributed by atoms with Crippen molar-refractivity contribution >= 4 is 11.9 Å². The molecule has 0 aromatic heterocycles. The average Bonchev–Trinajstić information content (AvgIpc) is 2.75. The quantitative estimate of drug-likeness (QED) is 0.474. The lowest BCUT2D eigenvalue weighted by Gasteiger charge is -2.07. The largest absolute Gasteiger partial charge is 0.497 e. The highest BCUT2D eigenvalue weighted by atomic mass is 16.5. The van der Waals surface area contributed by atoms with Crippen LogP contribution >= 0.6 is 0 Å². The summed E-state index contributed by atoms with van der Waals surface area (Å²) in [5.74, 6) is 0.991. The molecule has 0 aliphatic heterocycles. The molecule has 3 rings (SSSR count). The Kier molecular flexibility index (Phi) is 5.91. The molecule has 142 valence electrons. The molecule has 0 atom stereocenters. The third-order valence-corrected chi connectivity index (χ3v) is 3.90. The van der Waals surface area contributed by atoms with Gasteiger partial charge >= 0.3 is 11.9 Å². The number of benzene rings is 3. The molecule has 0 saturated heterocycles. The van der Waals surface area contributed by atoms with Crippen LogP contribution in [0.2, 0.25) is 0 Å². The smallest absolute Gasteiger partial charge is 0.343 e. The Morgan fingerprint density at radius 3 is 1.07 bits per heavy atom. The van der Waals surface area contributed by atoms with Crippen molar-refractivity contribution in [3.05, 3.63) is 83.9 Å². The number of ether oxygens (including phenoxy) is 4. The van der Waals surface area contributed by atoms with Gasteiger partial charge in [-0.1, -0.05) is 0 Å². The number of methoxy groups -OCH3 is 2. The van der Waals surface area contributed by atoms with Gasteiger partial charge in [0.25, 0.3) is 0 Å². The molecule has 0 heterocycles. The van der Waals surface area contributed by atoms with Crippen LogP contribution in [0.3, 0.4) is 0 Å². The minimum atomic E-state index is -0.495. The normalized spacial score (nSPS) is 10.1. The molecular formula is C22H18O6. The third kappa shape index (κ3) is 4.67. The summed E-state index contributed by atoms with van der Waals surface area (Å²) in [5.41, 5.74) is 0.798. The predicted octanol–water partition coefficient (Wildman–Crippen LogP) is 4.14. The van der Waals surface area contributed by atoms with Crippen LogP contribution in [0.5, 0.6) is 23.0 Å². The zero-order valence-corrected chi connectivity index (χ0v) is 15.4. The molecule has 0 bridgehead atoms. The van der Waals surface area contributed by atoms with Crippen molar-refractivity contribution in [3.8, 4) is 23.0 Å². The number of hydrogen-bond donors (Lipinski definition) is 0. The molecule has 6 heteroatoms. The van der Waals surface area contributed by atoms with Crippen molar-refractivity contribution in [2.45, 2.75) is 0 Å². The molecule has 6 nitrogen and oxygen atoms in total. The molecule has 0 amide bonds. The van der Waals surface area contributed by atoms with Crippen molar-refractivity contribution in [2.75, 3.05) is 14.2 Å². The minimum Gasteiger partial charge on any atom is -0.497 e. The van der Waals surface area contributed by atoms with E-state index in [4.69, 9.17) is 18.9 Å². The van der Waals surface area contributed by atoms with Gasteiger partial charge in [-0.05, 0) is 72.8 Å². The van der Waals surface area contributed by atoms with E-state index in [0.29, 0.717) is 34.1 Å². The first kappa shape index (κ1) is 19.0. The van der Waals surface area contributed by atoms with E-state index in [1.54, 1.807) is 87.0 Å². The Labute approximate surface area is 162 Å². The topological polar surface area (TPSA) is 71.1 Å². The molecule has 0 spiro atoms. The summed E-state index contributed by atoms with van der Waals surface area (Å²) >= 11 is 0. The van der Waals surface area contributed by atoms with Crippen molar-refractivity contribution in [3.63, 3.8) is 0 Å². The van der Waals surface area contributed by atoms with Gasteiger partial charge < -0.3 is 18.9 Å². The molecular weight excluding hydrogens is 360 g/mol. The fraction of sp³-hybridized carbons (Fsp3) is 0.0909. The van der Waals surface area contributed by atoms with Gasteiger partial charge in [-0.25, -0.2) is 9.59 Å². The highest BCUT2D eigenvalue weighted by Crippen LogP contribution is 2.21. The number of carbonyl (C=O) groups is 2. The maximum atomic E-state index is 12.2. The third-order valence-electron chi connectivity index (χ3n) is 3.90. The SMILES string of the molecule is COc1ccc(C(=O)Oc2ccc(OC(=O)c3ccc(OC)cc3)cc2)cc1. The predicted molar refractivity (Wildman–Crippen MR) is 102 cm³/mol. The van der Waals surface area contributed by atoms with Crippen LogP contribution < -0.4 is 18.9 Å². The summed E-state index contributed by atoms with van der Waals surface area (Å²) in [6.07, 6.45) is 0. The molecule has 0 radical (unpaired) electrons. The highest BCUT2D eigenvalue weighted by Gasteiger charge is 2.11. The van der Waals surface area contributed by atoms with E-state index in [9.17, 15) is 9.59 Å². The maximum Gasteiger partial charge on any atom is 0.343 e. The summed E-state index contributed by atoms with van der Waals surface area (Å²) in [6, 6.07) is 19.4. The van der Waals surface area contributed by atoms with Crippen LogP contribution in [0.15, 0.2) is 72.8 Å². The Bertz CT molecular complexity index is 863. The van der Waals surface area contributed by atoms with Crippen molar-refractivity contribution in [1.82, 2.24) is 0 Å². The summed E-state index contributed by atoms with van der Waals surface area (Å²) in [7, 11) is 3.10. The van der Waals surface area contributed by atoms with E-state index < -0.39 is 11.9 Å². The summed E-state index contributed by atoms with van der Waals surface area (Å²) in [5, 5.41) is 0. The van der Waals surface area contributed by atoms with Crippen LogP contribution in [-0.4, -0.2) is 26.2 Å². The molecule has 28 heavy (non-hydrogen) atoms. The van der Waals surface area contributed by atoms with Crippen molar-refractivity contribution in [2.24, 2.45) is 0 Å². The first-order valence-corrected chi connectivity index (χ1v) is 8.41. The minimum absolute atomic E-state index is 0.338. The first-order valence-electron chi connectivity index (χ1n) is 8.41. The zero-order valence-electron chi connectivity index (χ0n) is 15.4. The number of rotatable bonds is 6. The van der Waals surface area contributed by atoms with Gasteiger partial charge in [0, 0.05) is 0 Å². The fourth-order valence-corrected chi connectivity index (χ4v) is 2.36. The van der Waals surface area contributed by atoms with Gasteiger partial charge in [-0.3, -0.25) is 0 Å². The van der Waals surface area contributed by atoms with E-state index in [0.717, 1.165) is 0 Å². The second-order valence-electron chi connectivity index (χ2n) is 5.71. The van der Waals surface area contributed by atoms with Gasteiger partial charge in [0.05, 0.1) is 25.3 Å². The molecule has 0 unspecified atom stereocenters. The number of carbonyl (C=O) groups excluding carboxylic acids is 2. The highest BCUT2D eigenvalue weighted by molar-refractivity contribution is 5.92. The Morgan fingerprint density at radius 1 is 0.500 bits per heavy atom. The van der Waals surface area contributed by atoms with E-state index >= 15 is 0 Å². The number of hydrogen-bond acceptors (Lipinski definition) is 6. The van der Waals surface area contributed by atoms with Crippen LogP contribution in [0, 0.1) is 0 Å². The van der Waals surface area contributed by atoms with Crippen LogP contribution in [0.1, 0.15) is 20.7 Å². The van der Waals surface area contributed by atoms with Crippen LogP contribution in [-0.2, 0) is 0 Å². The molecule has 0 N–H and O–H groups in total. The lowest BCUT2D eigenvalue weighted by atomic mass is 10.2. The molecule has 0 aliphatic rings. The van der Waals surface area contributed by atoms with Crippen molar-refractivity contribution in [1.29, 1.82) is 0 Å². The van der Waals surface area contributed by atoms with E-state index in [2.05, 4.69) is 0 Å². The fourth-order valence-electron chi connectivity index (χ4n) is 2.36. The second-order valence-corrected chi connectivity index (χ2v) is 5.71. The monoisotopic (exact) mass is 378 g/mol. The first-order chi connectivity index (χ1) is 13.6. The summed E-state index contributed by atoms with van der Waals surface area (Å²) in [4.78, 5) is 24.3. The Morgan fingerprint density at radius 2 is 0.786 bits per heavy atom. The Hall–Kier alpha value is -3.80. The lowest BCUT2D eigenvalue weighted by molar-refractivity contribution is 0.0719. The van der Waals surface area contributed by atoms with Gasteiger partial charge in [-0.2, -0.15) is 0 Å². The standard InChI is InChI=1S/C22H18O6/c1-25-17-7-3-15(4-8-17)21(23)27-19-11-13-20(14-12-19)28-22(24)16-5-9-18(26-2)10-6-16/h3-14H,1-2H3. The molecule has 0 aliphatic carbocycles. The summed E-state index contributed by atoms with van der Waals surface area (Å²) in [6.45, 7) is 0. The van der Waals surface area contributed by atoms with Gasteiger partial charge in [-0.15, -0.1) is 0 Å². The molecule has 0 saturated carbocycles. The number of esters is 2. The lowest BCUT2D eigenvalue weighted by Crippen LogP contribution is -2.09. The van der Waals surface area contributed by atoms with Gasteiger partial charge in [0.15, 0.2) is 0 Å². The van der Waals surface area contributed by atoms with Crippen LogP contribution in [0.4, 0.5) is 0 Å². The summed E-state index contributed by atoms with van der Waals surface area (Å²) < 4.78 is 20.7. The van der Waals surface area contributed by atoms with E-state index in [1.165, 1.54) is 0 Å². The Balaban J connectivity index is 1.60. The van der Waals surface area contributed by atoms with Gasteiger partial charge in [0.2, 0.25) is 0 Å².